The van der Waals surface area contributed by atoms with Gasteiger partial charge in [0.1, 0.15) is 0 Å². The van der Waals surface area contributed by atoms with E-state index in [-0.39, 0.29) is 24.6 Å². The molecule has 156 valence electrons. The highest BCUT2D eigenvalue weighted by Gasteiger charge is 2.46. The van der Waals surface area contributed by atoms with E-state index < -0.39 is 36.0 Å². The average Bonchev–Trinajstić information content (AvgIpc) is 3.14. The van der Waals surface area contributed by atoms with Crippen molar-refractivity contribution in [2.45, 2.75) is 18.1 Å². The number of halogens is 3. The third-order valence-electron chi connectivity index (χ3n) is 4.16. The van der Waals surface area contributed by atoms with Crippen LogP contribution in [-0.4, -0.2) is 42.7 Å². The van der Waals surface area contributed by atoms with Crippen LogP contribution < -0.4 is 10.6 Å². The van der Waals surface area contributed by atoms with Crippen LogP contribution in [0.3, 0.4) is 0 Å². The van der Waals surface area contributed by atoms with Crippen molar-refractivity contribution in [2.75, 3.05) is 13.1 Å². The lowest BCUT2D eigenvalue weighted by atomic mass is 9.88. The molecular weight excluding hydrogens is 405 g/mol. The molecule has 3 rings (SSSR count). The van der Waals surface area contributed by atoms with Crippen molar-refractivity contribution in [3.05, 3.63) is 59.5 Å². The van der Waals surface area contributed by atoms with Crippen molar-refractivity contribution in [2.24, 2.45) is 0 Å². The molecule has 0 saturated carbocycles. The second kappa shape index (κ2) is 8.42. The van der Waals surface area contributed by atoms with Crippen LogP contribution in [0.5, 0.6) is 0 Å². The maximum Gasteiger partial charge on any atom is 0.491 e. The molecule has 10 heteroatoms. The van der Waals surface area contributed by atoms with Crippen LogP contribution in [0, 0.1) is 11.8 Å². The van der Waals surface area contributed by atoms with Crippen molar-refractivity contribution >= 4 is 17.8 Å². The second-order valence-corrected chi connectivity index (χ2v) is 6.55. The van der Waals surface area contributed by atoms with Crippen LogP contribution in [0.15, 0.2) is 46.9 Å². The summed E-state index contributed by atoms with van der Waals surface area (Å²) in [5.41, 5.74) is -0.436. The third-order valence-corrected chi connectivity index (χ3v) is 4.16. The standard InChI is InChI=1S/C20H15F3N2O5/c21-20(22,23)18(28)30-16(26)10-19(11-24-12-19)25-17(27)15-9-8-14(29-15)7-6-13-4-2-1-3-5-13/h1-5,8-9,24H,10-12H2,(H,25,27). The number of furan rings is 1. The Hall–Kier alpha value is -3.58. The van der Waals surface area contributed by atoms with E-state index in [1.165, 1.54) is 12.1 Å². The van der Waals surface area contributed by atoms with Gasteiger partial charge in [0.15, 0.2) is 11.5 Å². The summed E-state index contributed by atoms with van der Waals surface area (Å²) < 4.78 is 45.8. The Bertz CT molecular complexity index is 1010. The highest BCUT2D eigenvalue weighted by molar-refractivity contribution is 5.93. The predicted octanol–water partition coefficient (Wildman–Crippen LogP) is 1.77. The number of nitrogens with one attached hydrogen (secondary N) is 2. The van der Waals surface area contributed by atoms with Gasteiger partial charge in [-0.05, 0) is 30.2 Å². The monoisotopic (exact) mass is 420 g/mol. The van der Waals surface area contributed by atoms with Crippen LogP contribution in [0.25, 0.3) is 0 Å². The molecule has 30 heavy (non-hydrogen) atoms. The lowest BCUT2D eigenvalue weighted by Crippen LogP contribution is -2.69. The molecule has 1 saturated heterocycles. The first kappa shape index (κ1) is 21.1. The first-order valence-electron chi connectivity index (χ1n) is 8.69. The summed E-state index contributed by atoms with van der Waals surface area (Å²) in [6, 6.07) is 12.0. The minimum absolute atomic E-state index is 0.0848. The van der Waals surface area contributed by atoms with Gasteiger partial charge in [0.2, 0.25) is 0 Å². The van der Waals surface area contributed by atoms with Crippen LogP contribution in [-0.2, 0) is 14.3 Å². The molecular formula is C20H15F3N2O5. The topological polar surface area (TPSA) is 97.6 Å². The number of carbonyl (C=O) groups excluding carboxylic acids is 3. The Morgan fingerprint density at radius 1 is 1.10 bits per heavy atom. The van der Waals surface area contributed by atoms with Crippen molar-refractivity contribution in [1.82, 2.24) is 10.6 Å². The third kappa shape index (κ3) is 5.27. The Morgan fingerprint density at radius 3 is 2.40 bits per heavy atom. The first-order valence-corrected chi connectivity index (χ1v) is 8.69. The molecule has 0 unspecified atom stereocenters. The number of hydrogen-bond donors (Lipinski definition) is 2. The van der Waals surface area contributed by atoms with Gasteiger partial charge < -0.3 is 19.8 Å². The maximum atomic E-state index is 12.4. The molecule has 1 amide bonds. The van der Waals surface area contributed by atoms with E-state index >= 15 is 0 Å². The van der Waals surface area contributed by atoms with E-state index in [1.807, 2.05) is 18.2 Å². The lowest BCUT2D eigenvalue weighted by molar-refractivity contribution is -0.202. The summed E-state index contributed by atoms with van der Waals surface area (Å²) in [4.78, 5) is 34.9. The van der Waals surface area contributed by atoms with Crippen LogP contribution >= 0.6 is 0 Å². The molecule has 2 heterocycles. The molecule has 0 radical (unpaired) electrons. The fraction of sp³-hybridized carbons (Fsp3) is 0.250. The molecule has 0 aliphatic carbocycles. The van der Waals surface area contributed by atoms with E-state index in [2.05, 4.69) is 27.2 Å². The number of benzene rings is 1. The minimum atomic E-state index is -5.28. The molecule has 1 aromatic carbocycles. The summed E-state index contributed by atoms with van der Waals surface area (Å²) >= 11 is 0. The number of amides is 1. The second-order valence-electron chi connectivity index (χ2n) is 6.55. The summed E-state index contributed by atoms with van der Waals surface area (Å²) in [6.45, 7) is 0.213. The van der Waals surface area contributed by atoms with Crippen LogP contribution in [0.2, 0.25) is 0 Å². The Kier molecular flexibility index (Phi) is 5.94. The molecule has 2 aromatic rings. The van der Waals surface area contributed by atoms with E-state index in [1.54, 1.807) is 12.1 Å². The molecule has 0 spiro atoms. The zero-order chi connectivity index (χ0) is 21.8. The van der Waals surface area contributed by atoms with E-state index in [4.69, 9.17) is 4.42 Å². The Morgan fingerprint density at radius 2 is 1.80 bits per heavy atom. The van der Waals surface area contributed by atoms with Crippen LogP contribution in [0.4, 0.5) is 13.2 Å². The van der Waals surface area contributed by atoms with Gasteiger partial charge in [-0.15, -0.1) is 0 Å². The van der Waals surface area contributed by atoms with Gasteiger partial charge in [0, 0.05) is 18.7 Å². The van der Waals surface area contributed by atoms with E-state index in [0.29, 0.717) is 0 Å². The molecule has 1 fully saturated rings. The van der Waals surface area contributed by atoms with Gasteiger partial charge in [0.05, 0.1) is 12.0 Å². The SMILES string of the molecule is O=C(CC1(NC(=O)c2ccc(C#Cc3ccccc3)o2)CNC1)OC(=O)C(F)(F)F. The van der Waals surface area contributed by atoms with Gasteiger partial charge >= 0.3 is 18.1 Å². The summed E-state index contributed by atoms with van der Waals surface area (Å²) in [5, 5.41) is 5.35. The largest absolute Gasteiger partial charge is 0.491 e. The number of esters is 2. The average molecular weight is 420 g/mol. The minimum Gasteiger partial charge on any atom is -0.443 e. The van der Waals surface area contributed by atoms with Crippen molar-refractivity contribution in [3.63, 3.8) is 0 Å². The smallest absolute Gasteiger partial charge is 0.443 e. The summed E-state index contributed by atoms with van der Waals surface area (Å²) in [5.74, 6) is 1.11. The van der Waals surface area contributed by atoms with E-state index in [9.17, 15) is 27.6 Å². The lowest BCUT2D eigenvalue weighted by Gasteiger charge is -2.42. The molecule has 1 aliphatic rings. The van der Waals surface area contributed by atoms with Gasteiger partial charge in [0.25, 0.3) is 5.91 Å². The first-order chi connectivity index (χ1) is 14.2. The molecule has 0 atom stereocenters. The number of ether oxygens (including phenoxy) is 1. The molecule has 1 aromatic heterocycles. The predicted molar refractivity (Wildman–Crippen MR) is 96.0 cm³/mol. The highest BCUT2D eigenvalue weighted by Crippen LogP contribution is 2.21. The number of alkyl halides is 3. The molecule has 1 aliphatic heterocycles. The van der Waals surface area contributed by atoms with Gasteiger partial charge in [-0.25, -0.2) is 4.79 Å². The van der Waals surface area contributed by atoms with Gasteiger partial charge in [-0.3, -0.25) is 9.59 Å². The maximum absolute atomic E-state index is 12.4. The van der Waals surface area contributed by atoms with Crippen LogP contribution in [0.1, 0.15) is 28.3 Å². The van der Waals surface area contributed by atoms with Crippen molar-refractivity contribution in [3.8, 4) is 11.8 Å². The van der Waals surface area contributed by atoms with Crippen molar-refractivity contribution in [1.29, 1.82) is 0 Å². The molecule has 7 nitrogen and oxygen atoms in total. The Balaban J connectivity index is 1.62. The Labute approximate surface area is 168 Å². The quantitative estimate of drug-likeness (QED) is 0.445. The highest BCUT2D eigenvalue weighted by atomic mass is 19.4. The molecule has 0 bridgehead atoms. The number of rotatable bonds is 4. The van der Waals surface area contributed by atoms with Crippen molar-refractivity contribution < 1.29 is 36.7 Å². The zero-order valence-corrected chi connectivity index (χ0v) is 15.3. The van der Waals surface area contributed by atoms with Gasteiger partial charge in [-0.2, -0.15) is 13.2 Å². The zero-order valence-electron chi connectivity index (χ0n) is 15.3. The summed E-state index contributed by atoms with van der Waals surface area (Å²) in [6.07, 6.45) is -5.90. The molecule has 2 N–H and O–H groups in total. The number of hydrogen-bond acceptors (Lipinski definition) is 6. The van der Waals surface area contributed by atoms with Gasteiger partial charge in [-0.1, -0.05) is 24.1 Å². The number of carbonyl (C=O) groups is 3. The fourth-order valence-electron chi connectivity index (χ4n) is 2.64. The fourth-order valence-corrected chi connectivity index (χ4v) is 2.64. The van der Waals surface area contributed by atoms with E-state index in [0.717, 1.165) is 5.56 Å². The normalized spacial score (nSPS) is 14.6. The summed E-state index contributed by atoms with van der Waals surface area (Å²) in [7, 11) is 0.